The fraction of sp³-hybridized carbons (Fsp3) is 0.167. The van der Waals surface area contributed by atoms with Gasteiger partial charge in [0.1, 0.15) is 0 Å². The summed E-state index contributed by atoms with van der Waals surface area (Å²) in [7, 11) is 2.01. The Labute approximate surface area is 134 Å². The van der Waals surface area contributed by atoms with E-state index in [-0.39, 0.29) is 5.91 Å². The van der Waals surface area contributed by atoms with Crippen LogP contribution in [0, 0.1) is 0 Å². The van der Waals surface area contributed by atoms with E-state index in [1.807, 2.05) is 55.9 Å². The molecule has 0 aliphatic carbocycles. The summed E-state index contributed by atoms with van der Waals surface area (Å²) in [4.78, 5) is 13.5. The summed E-state index contributed by atoms with van der Waals surface area (Å²) in [6, 6.07) is 16.0. The van der Waals surface area contributed by atoms with Gasteiger partial charge in [0.15, 0.2) is 0 Å². The summed E-state index contributed by atoms with van der Waals surface area (Å²) in [6.45, 7) is 0. The number of para-hydroxylation sites is 2. The number of aryl methyl sites for hydroxylation is 1. The molecule has 0 bridgehead atoms. The second-order valence-electron chi connectivity index (χ2n) is 5.21. The second-order valence-corrected chi connectivity index (χ2v) is 6.06. The first-order valence-electron chi connectivity index (χ1n) is 7.15. The van der Waals surface area contributed by atoms with Crippen LogP contribution in [0.25, 0.3) is 10.9 Å². The number of anilines is 1. The van der Waals surface area contributed by atoms with Gasteiger partial charge in [-0.2, -0.15) is 0 Å². The third-order valence-corrected chi connectivity index (χ3v) is 4.51. The van der Waals surface area contributed by atoms with Crippen LogP contribution in [0.1, 0.15) is 5.56 Å². The van der Waals surface area contributed by atoms with Crippen LogP contribution >= 0.6 is 11.8 Å². The van der Waals surface area contributed by atoms with Gasteiger partial charge in [0, 0.05) is 29.0 Å². The summed E-state index contributed by atoms with van der Waals surface area (Å²) >= 11 is 1.63. The maximum Gasteiger partial charge on any atom is 0.228 e. The van der Waals surface area contributed by atoms with Gasteiger partial charge >= 0.3 is 0 Å². The highest BCUT2D eigenvalue weighted by molar-refractivity contribution is 7.98. The molecule has 0 unspecified atom stereocenters. The van der Waals surface area contributed by atoms with Crippen molar-refractivity contribution in [3.05, 3.63) is 60.3 Å². The van der Waals surface area contributed by atoms with Gasteiger partial charge in [-0.25, -0.2) is 0 Å². The van der Waals surface area contributed by atoms with Gasteiger partial charge in [-0.3, -0.25) is 4.79 Å². The molecule has 0 aliphatic heterocycles. The topological polar surface area (TPSA) is 34.0 Å². The molecule has 0 atom stereocenters. The molecule has 1 heterocycles. The first-order chi connectivity index (χ1) is 10.7. The number of carbonyl (C=O) groups is 1. The molecule has 4 heteroatoms. The molecule has 0 saturated carbocycles. The van der Waals surface area contributed by atoms with Crippen LogP contribution in [-0.2, 0) is 18.3 Å². The van der Waals surface area contributed by atoms with E-state index in [2.05, 4.69) is 22.0 Å². The van der Waals surface area contributed by atoms with E-state index in [1.54, 1.807) is 11.8 Å². The molecule has 22 heavy (non-hydrogen) atoms. The summed E-state index contributed by atoms with van der Waals surface area (Å²) in [5.41, 5.74) is 3.08. The monoisotopic (exact) mass is 310 g/mol. The lowest BCUT2D eigenvalue weighted by atomic mass is 10.1. The molecule has 2 aromatic carbocycles. The average molecular weight is 310 g/mol. The van der Waals surface area contributed by atoms with Crippen LogP contribution in [0.3, 0.4) is 0 Å². The number of hydrogen-bond acceptors (Lipinski definition) is 2. The molecule has 1 N–H and O–H groups in total. The van der Waals surface area contributed by atoms with Crippen molar-refractivity contribution in [1.82, 2.24) is 4.57 Å². The van der Waals surface area contributed by atoms with Gasteiger partial charge in [0.2, 0.25) is 5.91 Å². The van der Waals surface area contributed by atoms with Gasteiger partial charge in [-0.05, 0) is 30.0 Å². The standard InChI is InChI=1S/C18H18N2OS/c1-20-12-13(14-7-3-5-9-16(14)20)11-18(21)19-15-8-4-6-10-17(15)22-2/h3-10,12H,11H2,1-2H3,(H,19,21). The molecule has 0 radical (unpaired) electrons. The Balaban J connectivity index is 1.82. The predicted octanol–water partition coefficient (Wildman–Crippen LogP) is 4.08. The highest BCUT2D eigenvalue weighted by Crippen LogP contribution is 2.25. The van der Waals surface area contributed by atoms with E-state index in [0.29, 0.717) is 6.42 Å². The van der Waals surface area contributed by atoms with Crippen LogP contribution < -0.4 is 5.32 Å². The zero-order valence-electron chi connectivity index (χ0n) is 12.7. The minimum Gasteiger partial charge on any atom is -0.350 e. The molecule has 3 nitrogen and oxygen atoms in total. The van der Waals surface area contributed by atoms with Crippen LogP contribution in [0.4, 0.5) is 5.69 Å². The number of nitrogens with zero attached hydrogens (tertiary/aromatic N) is 1. The number of hydrogen-bond donors (Lipinski definition) is 1. The SMILES string of the molecule is CSc1ccccc1NC(=O)Cc1cn(C)c2ccccc12. The number of amides is 1. The van der Waals surface area contributed by atoms with Crippen LogP contribution in [-0.4, -0.2) is 16.7 Å². The van der Waals surface area contributed by atoms with Crippen molar-refractivity contribution in [2.75, 3.05) is 11.6 Å². The van der Waals surface area contributed by atoms with E-state index < -0.39 is 0 Å². The third kappa shape index (κ3) is 2.88. The van der Waals surface area contributed by atoms with Crippen LogP contribution in [0.2, 0.25) is 0 Å². The van der Waals surface area contributed by atoms with E-state index in [4.69, 9.17) is 0 Å². The smallest absolute Gasteiger partial charge is 0.228 e. The largest absolute Gasteiger partial charge is 0.350 e. The van der Waals surface area contributed by atoms with Gasteiger partial charge in [0.25, 0.3) is 0 Å². The Kier molecular flexibility index (Phi) is 4.20. The van der Waals surface area contributed by atoms with Crippen molar-refractivity contribution in [3.8, 4) is 0 Å². The summed E-state index contributed by atoms with van der Waals surface area (Å²) in [5, 5.41) is 4.15. The number of nitrogens with one attached hydrogen (secondary N) is 1. The zero-order chi connectivity index (χ0) is 15.5. The fourth-order valence-electron chi connectivity index (χ4n) is 2.68. The van der Waals surface area contributed by atoms with Crippen molar-refractivity contribution in [2.24, 2.45) is 7.05 Å². The average Bonchev–Trinajstić information content (AvgIpc) is 2.84. The molecule has 1 aromatic heterocycles. The van der Waals surface area contributed by atoms with Gasteiger partial charge in [-0.1, -0.05) is 30.3 Å². The van der Waals surface area contributed by atoms with E-state index in [9.17, 15) is 4.79 Å². The van der Waals surface area contributed by atoms with E-state index in [0.717, 1.165) is 27.0 Å². The van der Waals surface area contributed by atoms with Crippen molar-refractivity contribution in [2.45, 2.75) is 11.3 Å². The number of rotatable bonds is 4. The molecule has 0 saturated heterocycles. The van der Waals surface area contributed by atoms with E-state index >= 15 is 0 Å². The van der Waals surface area contributed by atoms with E-state index in [1.165, 1.54) is 0 Å². The predicted molar refractivity (Wildman–Crippen MR) is 93.5 cm³/mol. The Hall–Kier alpha value is -2.20. The summed E-state index contributed by atoms with van der Waals surface area (Å²) < 4.78 is 2.06. The highest BCUT2D eigenvalue weighted by Gasteiger charge is 2.11. The normalized spacial score (nSPS) is 10.8. The zero-order valence-corrected chi connectivity index (χ0v) is 13.5. The molecule has 0 fully saturated rings. The maximum atomic E-state index is 12.4. The Morgan fingerprint density at radius 2 is 1.86 bits per heavy atom. The molecule has 3 rings (SSSR count). The molecule has 0 spiro atoms. The lowest BCUT2D eigenvalue weighted by molar-refractivity contribution is -0.115. The van der Waals surface area contributed by atoms with Gasteiger partial charge in [-0.15, -0.1) is 11.8 Å². The summed E-state index contributed by atoms with van der Waals surface area (Å²) in [5.74, 6) is 0.0119. The Bertz CT molecular complexity index is 823. The van der Waals surface area contributed by atoms with Crippen molar-refractivity contribution in [3.63, 3.8) is 0 Å². The number of thioether (sulfide) groups is 1. The minimum atomic E-state index is 0.0119. The first kappa shape index (κ1) is 14.7. The Morgan fingerprint density at radius 1 is 1.14 bits per heavy atom. The highest BCUT2D eigenvalue weighted by atomic mass is 32.2. The lowest BCUT2D eigenvalue weighted by Gasteiger charge is -2.08. The van der Waals surface area contributed by atoms with Gasteiger partial charge in [0.05, 0.1) is 12.1 Å². The molecule has 112 valence electrons. The maximum absolute atomic E-state index is 12.4. The third-order valence-electron chi connectivity index (χ3n) is 3.71. The quantitative estimate of drug-likeness (QED) is 0.737. The number of fused-ring (bicyclic) bond motifs is 1. The molecule has 0 aliphatic rings. The lowest BCUT2D eigenvalue weighted by Crippen LogP contribution is -2.14. The molecular weight excluding hydrogens is 292 g/mol. The fourth-order valence-corrected chi connectivity index (χ4v) is 3.24. The summed E-state index contributed by atoms with van der Waals surface area (Å²) in [6.07, 6.45) is 4.42. The molecule has 3 aromatic rings. The molecule has 1 amide bonds. The van der Waals surface area contributed by atoms with Crippen molar-refractivity contribution < 1.29 is 4.79 Å². The van der Waals surface area contributed by atoms with Crippen LogP contribution in [0.15, 0.2) is 59.6 Å². The van der Waals surface area contributed by atoms with Crippen molar-refractivity contribution in [1.29, 1.82) is 0 Å². The number of aromatic nitrogens is 1. The number of carbonyl (C=O) groups excluding carboxylic acids is 1. The second kappa shape index (κ2) is 6.28. The van der Waals surface area contributed by atoms with Crippen LogP contribution in [0.5, 0.6) is 0 Å². The first-order valence-corrected chi connectivity index (χ1v) is 8.37. The number of benzene rings is 2. The van der Waals surface area contributed by atoms with Crippen molar-refractivity contribution >= 4 is 34.3 Å². The molecular formula is C18H18N2OS. The minimum absolute atomic E-state index is 0.0119. The Morgan fingerprint density at radius 3 is 2.68 bits per heavy atom. The van der Waals surface area contributed by atoms with Gasteiger partial charge < -0.3 is 9.88 Å².